The van der Waals surface area contributed by atoms with Gasteiger partial charge < -0.3 is 4.98 Å². The molecule has 0 saturated carbocycles. The highest BCUT2D eigenvalue weighted by atomic mass is 16.1. The maximum absolute atomic E-state index is 10.9. The monoisotopic (exact) mass is 228 g/mol. The molecule has 0 saturated heterocycles. The van der Waals surface area contributed by atoms with Crippen molar-refractivity contribution in [2.24, 2.45) is 0 Å². The molecule has 0 fully saturated rings. The number of rotatable bonds is 1. The maximum atomic E-state index is 10.9. The van der Waals surface area contributed by atoms with Crippen LogP contribution in [0.1, 0.15) is 26.3 Å². The highest BCUT2D eigenvalue weighted by Crippen LogP contribution is 2.24. The zero-order chi connectivity index (χ0) is 12.5. The molecule has 3 nitrogen and oxygen atoms in total. The van der Waals surface area contributed by atoms with Crippen LogP contribution in [0.5, 0.6) is 0 Å². The Labute approximate surface area is 101 Å². The third-order valence-electron chi connectivity index (χ3n) is 2.72. The highest BCUT2D eigenvalue weighted by Gasteiger charge is 2.13. The Morgan fingerprint density at radius 2 is 1.76 bits per heavy atom. The molecular formula is C14H16N2O. The highest BCUT2D eigenvalue weighted by molar-refractivity contribution is 5.58. The summed E-state index contributed by atoms with van der Waals surface area (Å²) in [5, 5.41) is 0. The van der Waals surface area contributed by atoms with Gasteiger partial charge in [0.25, 0.3) is 5.56 Å². The third-order valence-corrected chi connectivity index (χ3v) is 2.72. The van der Waals surface area contributed by atoms with Crippen LogP contribution in [0.25, 0.3) is 11.3 Å². The van der Waals surface area contributed by atoms with Crippen molar-refractivity contribution in [3.8, 4) is 11.3 Å². The van der Waals surface area contributed by atoms with Crippen molar-refractivity contribution < 1.29 is 0 Å². The van der Waals surface area contributed by atoms with Gasteiger partial charge in [-0.15, -0.1) is 0 Å². The third kappa shape index (κ3) is 2.61. The summed E-state index contributed by atoms with van der Waals surface area (Å²) in [6.07, 6.45) is 2.93. The van der Waals surface area contributed by atoms with Crippen LogP contribution < -0.4 is 5.56 Å². The molecule has 0 bridgehead atoms. The van der Waals surface area contributed by atoms with Gasteiger partial charge in [0, 0.05) is 11.8 Å². The number of hydrogen-bond donors (Lipinski definition) is 1. The molecule has 17 heavy (non-hydrogen) atoms. The van der Waals surface area contributed by atoms with E-state index < -0.39 is 0 Å². The first-order valence-electron chi connectivity index (χ1n) is 5.62. The van der Waals surface area contributed by atoms with Crippen LogP contribution >= 0.6 is 0 Å². The smallest absolute Gasteiger partial charge is 0.266 e. The van der Waals surface area contributed by atoms with Gasteiger partial charge in [-0.1, -0.05) is 45.0 Å². The van der Waals surface area contributed by atoms with Crippen molar-refractivity contribution in [1.29, 1.82) is 0 Å². The van der Waals surface area contributed by atoms with Crippen molar-refractivity contribution in [1.82, 2.24) is 9.97 Å². The Hall–Kier alpha value is -1.90. The van der Waals surface area contributed by atoms with Crippen LogP contribution in [0.4, 0.5) is 0 Å². The first-order chi connectivity index (χ1) is 7.97. The predicted octanol–water partition coefficient (Wildman–Crippen LogP) is 2.73. The molecule has 1 aromatic carbocycles. The lowest BCUT2D eigenvalue weighted by molar-refractivity contribution is 0.590. The minimum Gasteiger partial charge on any atom is -0.326 e. The molecule has 0 aliphatic heterocycles. The fourth-order valence-corrected chi connectivity index (χ4v) is 1.64. The summed E-state index contributed by atoms with van der Waals surface area (Å²) in [5.74, 6) is 0. The molecule has 1 aromatic heterocycles. The number of benzene rings is 1. The summed E-state index contributed by atoms with van der Waals surface area (Å²) in [6.45, 7) is 6.54. The predicted molar refractivity (Wildman–Crippen MR) is 69.0 cm³/mol. The first kappa shape index (κ1) is 11.6. The van der Waals surface area contributed by atoms with Crippen LogP contribution in [0.15, 0.2) is 41.5 Å². The summed E-state index contributed by atoms with van der Waals surface area (Å²) in [5.41, 5.74) is 3.04. The molecule has 0 atom stereocenters. The lowest BCUT2D eigenvalue weighted by Gasteiger charge is -2.19. The number of nitrogens with one attached hydrogen (secondary N) is 1. The molecule has 0 amide bonds. The Kier molecular flexibility index (Phi) is 2.84. The van der Waals surface area contributed by atoms with Crippen LogP contribution in [0, 0.1) is 0 Å². The second kappa shape index (κ2) is 4.17. The Bertz CT molecular complexity index is 542. The molecule has 2 aromatic rings. The van der Waals surface area contributed by atoms with E-state index in [0.717, 1.165) is 11.3 Å². The summed E-state index contributed by atoms with van der Waals surface area (Å²) in [4.78, 5) is 17.6. The van der Waals surface area contributed by atoms with Gasteiger partial charge >= 0.3 is 0 Å². The van der Waals surface area contributed by atoms with Gasteiger partial charge in [0.15, 0.2) is 0 Å². The van der Waals surface area contributed by atoms with Crippen LogP contribution in [-0.2, 0) is 5.41 Å². The summed E-state index contributed by atoms with van der Waals surface area (Å²) in [6, 6.07) is 8.26. The Balaban J connectivity index is 2.36. The summed E-state index contributed by atoms with van der Waals surface area (Å²) < 4.78 is 0. The van der Waals surface area contributed by atoms with Gasteiger partial charge in [-0.05, 0) is 11.0 Å². The van der Waals surface area contributed by atoms with E-state index in [-0.39, 0.29) is 11.0 Å². The molecule has 1 N–H and O–H groups in total. The quantitative estimate of drug-likeness (QED) is 0.815. The second-order valence-corrected chi connectivity index (χ2v) is 5.12. The van der Waals surface area contributed by atoms with Crippen LogP contribution in [0.2, 0.25) is 0 Å². The number of nitrogens with zero attached hydrogens (tertiary/aromatic N) is 1. The molecule has 88 valence electrons. The van der Waals surface area contributed by atoms with Crippen molar-refractivity contribution in [2.45, 2.75) is 26.2 Å². The van der Waals surface area contributed by atoms with Gasteiger partial charge in [-0.3, -0.25) is 4.79 Å². The van der Waals surface area contributed by atoms with Gasteiger partial charge in [0.05, 0.1) is 11.9 Å². The normalized spacial score (nSPS) is 11.5. The lowest BCUT2D eigenvalue weighted by Crippen LogP contribution is -2.10. The fraction of sp³-hybridized carbons (Fsp3) is 0.286. The van der Waals surface area contributed by atoms with E-state index in [1.54, 1.807) is 6.20 Å². The minimum absolute atomic E-state index is 0.150. The Morgan fingerprint density at radius 3 is 2.24 bits per heavy atom. The zero-order valence-electron chi connectivity index (χ0n) is 10.3. The van der Waals surface area contributed by atoms with E-state index in [2.05, 4.69) is 42.9 Å². The number of aromatic nitrogens is 2. The molecule has 0 aliphatic carbocycles. The molecule has 0 radical (unpaired) electrons. The molecule has 0 spiro atoms. The van der Waals surface area contributed by atoms with Gasteiger partial charge in [0.1, 0.15) is 0 Å². The second-order valence-electron chi connectivity index (χ2n) is 5.12. The Morgan fingerprint density at radius 1 is 1.12 bits per heavy atom. The van der Waals surface area contributed by atoms with Gasteiger partial charge in [-0.25, -0.2) is 4.98 Å². The first-order valence-corrected chi connectivity index (χ1v) is 5.62. The topological polar surface area (TPSA) is 45.8 Å². The van der Waals surface area contributed by atoms with Crippen LogP contribution in [-0.4, -0.2) is 9.97 Å². The van der Waals surface area contributed by atoms with E-state index >= 15 is 0 Å². The molecular weight excluding hydrogens is 212 g/mol. The summed E-state index contributed by atoms with van der Waals surface area (Å²) in [7, 11) is 0. The standard InChI is InChI=1S/C14H16N2O/c1-14(2,3)11-6-4-10(5-7-11)12-8-16-13(17)9-15-12/h4-9H,1-3H3,(H,16,17). The molecule has 2 rings (SSSR count). The average molecular weight is 228 g/mol. The van der Waals surface area contributed by atoms with Gasteiger partial charge in [0.2, 0.25) is 0 Å². The minimum atomic E-state index is -0.180. The lowest BCUT2D eigenvalue weighted by atomic mass is 9.86. The van der Waals surface area contributed by atoms with E-state index in [1.807, 2.05) is 12.1 Å². The van der Waals surface area contributed by atoms with E-state index in [0.29, 0.717) is 0 Å². The average Bonchev–Trinajstić information content (AvgIpc) is 2.29. The van der Waals surface area contributed by atoms with E-state index in [4.69, 9.17) is 0 Å². The molecule has 0 aliphatic rings. The molecule has 3 heteroatoms. The fourth-order valence-electron chi connectivity index (χ4n) is 1.64. The van der Waals surface area contributed by atoms with Crippen molar-refractivity contribution >= 4 is 0 Å². The van der Waals surface area contributed by atoms with Gasteiger partial charge in [-0.2, -0.15) is 0 Å². The largest absolute Gasteiger partial charge is 0.326 e. The summed E-state index contributed by atoms with van der Waals surface area (Å²) >= 11 is 0. The SMILES string of the molecule is CC(C)(C)c1ccc(-c2c[nH]c(=O)cn2)cc1. The zero-order valence-corrected chi connectivity index (χ0v) is 10.3. The number of H-pyrrole nitrogens is 1. The number of aromatic amines is 1. The van der Waals surface area contributed by atoms with Crippen molar-refractivity contribution in [3.63, 3.8) is 0 Å². The van der Waals surface area contributed by atoms with E-state index in [1.165, 1.54) is 11.8 Å². The molecule has 0 unspecified atom stereocenters. The maximum Gasteiger partial charge on any atom is 0.266 e. The van der Waals surface area contributed by atoms with Crippen molar-refractivity contribution in [3.05, 3.63) is 52.6 Å². The van der Waals surface area contributed by atoms with Crippen LogP contribution in [0.3, 0.4) is 0 Å². The van der Waals surface area contributed by atoms with E-state index in [9.17, 15) is 4.79 Å². The number of hydrogen-bond acceptors (Lipinski definition) is 2. The van der Waals surface area contributed by atoms with Crippen molar-refractivity contribution in [2.75, 3.05) is 0 Å². The molecule has 1 heterocycles.